The number of hydrogen-bond acceptors (Lipinski definition) is 5. The van der Waals surface area contributed by atoms with Gasteiger partial charge in [-0.15, -0.1) is 0 Å². The second kappa shape index (κ2) is 9.03. The molecule has 28 heavy (non-hydrogen) atoms. The van der Waals surface area contributed by atoms with Gasteiger partial charge < -0.3 is 14.4 Å². The van der Waals surface area contributed by atoms with Gasteiger partial charge in [-0.3, -0.25) is 9.69 Å². The molecule has 0 bridgehead atoms. The number of fused-ring (bicyclic) bond motifs is 1. The summed E-state index contributed by atoms with van der Waals surface area (Å²) in [5.41, 5.74) is 1.32. The van der Waals surface area contributed by atoms with Gasteiger partial charge in [0.15, 0.2) is 5.13 Å². The molecule has 1 heterocycles. The van der Waals surface area contributed by atoms with Crippen LogP contribution in [0.2, 0.25) is 0 Å². The SMILES string of the molecule is CCOc1cccc2sc(N(CC[NH+](C)C)C(=O)c3ccccc3OC)nc12. The summed E-state index contributed by atoms with van der Waals surface area (Å²) in [5.74, 6) is 1.19. The third-order valence-corrected chi connectivity index (χ3v) is 5.36. The van der Waals surface area contributed by atoms with Crippen LogP contribution in [0.5, 0.6) is 11.5 Å². The number of para-hydroxylation sites is 2. The van der Waals surface area contributed by atoms with Gasteiger partial charge in [-0.1, -0.05) is 29.5 Å². The number of carbonyl (C=O) groups is 1. The van der Waals surface area contributed by atoms with Crippen molar-refractivity contribution in [3.05, 3.63) is 48.0 Å². The van der Waals surface area contributed by atoms with Crippen molar-refractivity contribution in [2.24, 2.45) is 0 Å². The number of nitrogens with one attached hydrogen (secondary N) is 1. The van der Waals surface area contributed by atoms with E-state index in [0.717, 1.165) is 22.5 Å². The van der Waals surface area contributed by atoms with Crippen molar-refractivity contribution in [2.75, 3.05) is 45.8 Å². The average Bonchev–Trinajstić information content (AvgIpc) is 3.13. The Labute approximate surface area is 169 Å². The van der Waals surface area contributed by atoms with Crippen LogP contribution in [-0.4, -0.2) is 51.8 Å². The Balaban J connectivity index is 2.03. The molecule has 0 aliphatic carbocycles. The van der Waals surface area contributed by atoms with Gasteiger partial charge in [0.2, 0.25) is 0 Å². The number of hydrogen-bond donors (Lipinski definition) is 1. The lowest BCUT2D eigenvalue weighted by Crippen LogP contribution is -3.06. The smallest absolute Gasteiger partial charge is 0.264 e. The maximum atomic E-state index is 13.4. The number of ether oxygens (including phenoxy) is 2. The Morgan fingerprint density at radius 1 is 1.14 bits per heavy atom. The fourth-order valence-corrected chi connectivity index (χ4v) is 3.89. The normalized spacial score (nSPS) is 11.0. The topological polar surface area (TPSA) is 56.1 Å². The number of amides is 1. The lowest BCUT2D eigenvalue weighted by Gasteiger charge is -2.21. The first-order valence-electron chi connectivity index (χ1n) is 9.31. The maximum Gasteiger partial charge on any atom is 0.264 e. The van der Waals surface area contributed by atoms with Crippen molar-refractivity contribution < 1.29 is 19.2 Å². The molecule has 1 amide bonds. The predicted octanol–water partition coefficient (Wildman–Crippen LogP) is 2.49. The molecule has 0 atom stereocenters. The van der Waals surface area contributed by atoms with Gasteiger partial charge in [-0.05, 0) is 31.2 Å². The molecule has 148 valence electrons. The summed E-state index contributed by atoms with van der Waals surface area (Å²) < 4.78 is 12.1. The van der Waals surface area contributed by atoms with E-state index in [1.807, 2.05) is 37.3 Å². The number of methoxy groups -OCH3 is 1. The number of rotatable bonds is 8. The number of nitrogens with zero attached hydrogens (tertiary/aromatic N) is 2. The Bertz CT molecular complexity index is 955. The molecule has 0 radical (unpaired) electrons. The largest absolute Gasteiger partial charge is 0.496 e. The van der Waals surface area contributed by atoms with Crippen molar-refractivity contribution in [1.29, 1.82) is 0 Å². The number of likely N-dealkylation sites (N-methyl/N-ethyl adjacent to an activating group) is 1. The molecule has 0 aliphatic rings. The standard InChI is InChI=1S/C21H25N3O3S/c1-5-27-17-11-8-12-18-19(17)22-21(28-18)24(14-13-23(2)3)20(25)15-9-6-7-10-16(15)26-4/h6-12H,5,13-14H2,1-4H3/p+1. The maximum absolute atomic E-state index is 13.4. The number of quaternary nitrogens is 1. The van der Waals surface area contributed by atoms with Crippen LogP contribution >= 0.6 is 11.3 Å². The molecular weight excluding hydrogens is 374 g/mol. The Morgan fingerprint density at radius 2 is 1.89 bits per heavy atom. The molecule has 2 aromatic carbocycles. The van der Waals surface area contributed by atoms with Crippen molar-refractivity contribution in [1.82, 2.24) is 4.98 Å². The number of benzene rings is 2. The zero-order valence-electron chi connectivity index (χ0n) is 16.7. The molecule has 6 nitrogen and oxygen atoms in total. The Morgan fingerprint density at radius 3 is 2.61 bits per heavy atom. The van der Waals surface area contributed by atoms with Crippen LogP contribution in [0, 0.1) is 0 Å². The number of thiazole rings is 1. The highest BCUT2D eigenvalue weighted by atomic mass is 32.1. The fraction of sp³-hybridized carbons (Fsp3) is 0.333. The molecule has 0 saturated heterocycles. The monoisotopic (exact) mass is 400 g/mol. The highest BCUT2D eigenvalue weighted by Crippen LogP contribution is 2.35. The van der Waals surface area contributed by atoms with Crippen LogP contribution in [0.1, 0.15) is 17.3 Å². The summed E-state index contributed by atoms with van der Waals surface area (Å²) in [5, 5.41) is 0.666. The van der Waals surface area contributed by atoms with E-state index in [9.17, 15) is 4.79 Å². The van der Waals surface area contributed by atoms with Crippen LogP contribution in [0.4, 0.5) is 5.13 Å². The summed E-state index contributed by atoms with van der Waals surface area (Å²) in [6.07, 6.45) is 0. The summed E-state index contributed by atoms with van der Waals surface area (Å²) in [6, 6.07) is 13.1. The van der Waals surface area contributed by atoms with Crippen molar-refractivity contribution >= 4 is 32.6 Å². The molecule has 1 N–H and O–H groups in total. The number of anilines is 1. The zero-order chi connectivity index (χ0) is 20.1. The minimum atomic E-state index is -0.115. The van der Waals surface area contributed by atoms with Crippen LogP contribution in [0.3, 0.4) is 0 Å². The molecule has 3 rings (SSSR count). The fourth-order valence-electron chi connectivity index (χ4n) is 2.89. The molecule has 0 saturated carbocycles. The van der Waals surface area contributed by atoms with Gasteiger partial charge in [0.1, 0.15) is 17.0 Å². The molecule has 0 spiro atoms. The Kier molecular flexibility index (Phi) is 6.49. The molecule has 0 aliphatic heterocycles. The molecule has 7 heteroatoms. The van der Waals surface area contributed by atoms with Crippen LogP contribution in [0.25, 0.3) is 10.2 Å². The molecule has 0 fully saturated rings. The molecule has 3 aromatic rings. The molecule has 0 unspecified atom stereocenters. The Hall–Kier alpha value is -2.64. The van der Waals surface area contributed by atoms with Crippen LogP contribution in [0.15, 0.2) is 42.5 Å². The first kappa shape index (κ1) is 20.1. The van der Waals surface area contributed by atoms with Crippen molar-refractivity contribution in [3.8, 4) is 11.5 Å². The van der Waals surface area contributed by atoms with Crippen molar-refractivity contribution in [3.63, 3.8) is 0 Å². The molecular formula is C21H26N3O3S+. The van der Waals surface area contributed by atoms with E-state index in [-0.39, 0.29) is 5.91 Å². The summed E-state index contributed by atoms with van der Waals surface area (Å²) in [7, 11) is 5.71. The first-order chi connectivity index (χ1) is 13.5. The van der Waals surface area contributed by atoms with E-state index < -0.39 is 0 Å². The summed E-state index contributed by atoms with van der Waals surface area (Å²) >= 11 is 1.50. The van der Waals surface area contributed by atoms with Gasteiger partial charge in [-0.25, -0.2) is 4.98 Å². The zero-order valence-corrected chi connectivity index (χ0v) is 17.5. The lowest BCUT2D eigenvalue weighted by molar-refractivity contribution is -0.856. The number of aromatic nitrogens is 1. The van der Waals surface area contributed by atoms with Gasteiger partial charge in [0.05, 0.1) is 51.2 Å². The lowest BCUT2D eigenvalue weighted by atomic mass is 10.1. The van der Waals surface area contributed by atoms with E-state index in [1.165, 1.54) is 16.2 Å². The molecule has 1 aromatic heterocycles. The highest BCUT2D eigenvalue weighted by molar-refractivity contribution is 7.22. The quantitative estimate of drug-likeness (QED) is 0.631. The third kappa shape index (κ3) is 4.26. The first-order valence-corrected chi connectivity index (χ1v) is 10.1. The van der Waals surface area contributed by atoms with E-state index in [1.54, 1.807) is 24.1 Å². The highest BCUT2D eigenvalue weighted by Gasteiger charge is 2.25. The minimum Gasteiger partial charge on any atom is -0.496 e. The average molecular weight is 401 g/mol. The van der Waals surface area contributed by atoms with E-state index in [2.05, 4.69) is 14.1 Å². The van der Waals surface area contributed by atoms with Crippen LogP contribution in [-0.2, 0) is 0 Å². The van der Waals surface area contributed by atoms with E-state index in [4.69, 9.17) is 14.5 Å². The second-order valence-corrected chi connectivity index (χ2v) is 7.66. The number of carbonyl (C=O) groups excluding carboxylic acids is 1. The third-order valence-electron chi connectivity index (χ3n) is 4.32. The van der Waals surface area contributed by atoms with Gasteiger partial charge in [-0.2, -0.15) is 0 Å². The summed E-state index contributed by atoms with van der Waals surface area (Å²) in [6.45, 7) is 3.88. The van der Waals surface area contributed by atoms with Gasteiger partial charge in [0.25, 0.3) is 5.91 Å². The van der Waals surface area contributed by atoms with Crippen molar-refractivity contribution in [2.45, 2.75) is 6.92 Å². The van der Waals surface area contributed by atoms with Gasteiger partial charge in [0, 0.05) is 0 Å². The predicted molar refractivity (Wildman–Crippen MR) is 113 cm³/mol. The van der Waals surface area contributed by atoms with Gasteiger partial charge >= 0.3 is 0 Å². The van der Waals surface area contributed by atoms with E-state index in [0.29, 0.717) is 29.6 Å². The minimum absolute atomic E-state index is 0.115. The second-order valence-electron chi connectivity index (χ2n) is 6.65. The summed E-state index contributed by atoms with van der Waals surface area (Å²) in [4.78, 5) is 21.2. The van der Waals surface area contributed by atoms with Crippen LogP contribution < -0.4 is 19.3 Å². The van der Waals surface area contributed by atoms with E-state index >= 15 is 0 Å².